The number of hydrogen-bond donors (Lipinski definition) is 1. The van der Waals surface area contributed by atoms with Crippen molar-refractivity contribution in [2.75, 3.05) is 18.1 Å². The summed E-state index contributed by atoms with van der Waals surface area (Å²) >= 11 is 0. The van der Waals surface area contributed by atoms with Gasteiger partial charge in [0.2, 0.25) is 0 Å². The van der Waals surface area contributed by atoms with E-state index in [0.717, 1.165) is 6.42 Å². The Hall–Kier alpha value is -0.780. The molecule has 0 aromatic heterocycles. The van der Waals surface area contributed by atoms with Crippen molar-refractivity contribution in [3.05, 3.63) is 0 Å². The van der Waals surface area contributed by atoms with Crippen LogP contribution in [-0.4, -0.2) is 49.5 Å². The van der Waals surface area contributed by atoms with Gasteiger partial charge in [0.05, 0.1) is 23.6 Å². The molecule has 80 valence electrons. The zero-order chi connectivity index (χ0) is 10.3. The predicted molar refractivity (Wildman–Crippen MR) is 51.8 cm³/mol. The molecule has 2 fully saturated rings. The fourth-order valence-electron chi connectivity index (χ4n) is 2.17. The molecule has 2 rings (SSSR count). The summed E-state index contributed by atoms with van der Waals surface area (Å²) in [5, 5.41) is 2.71. The molecule has 2 aliphatic rings. The summed E-state index contributed by atoms with van der Waals surface area (Å²) in [5.41, 5.74) is 0. The smallest absolute Gasteiger partial charge is 0.318 e. The van der Waals surface area contributed by atoms with E-state index in [1.165, 1.54) is 0 Å². The second kappa shape index (κ2) is 3.12. The predicted octanol–water partition coefficient (Wildman–Crippen LogP) is -0.413. The molecule has 6 heteroatoms. The van der Waals surface area contributed by atoms with Crippen molar-refractivity contribution in [1.82, 2.24) is 10.2 Å². The fraction of sp³-hybridized carbons (Fsp3) is 0.875. The lowest BCUT2D eigenvalue weighted by Gasteiger charge is -2.19. The molecule has 0 aromatic carbocycles. The van der Waals surface area contributed by atoms with E-state index in [1.807, 2.05) is 6.92 Å². The fourth-order valence-corrected chi connectivity index (χ4v) is 4.10. The van der Waals surface area contributed by atoms with Crippen molar-refractivity contribution in [3.63, 3.8) is 0 Å². The maximum atomic E-state index is 11.4. The third kappa shape index (κ3) is 1.47. The SMILES string of the molecule is CCCN1C(=O)N[C@H]2CS(=O)(=O)C[C@H]21. The summed E-state index contributed by atoms with van der Waals surface area (Å²) in [6, 6.07) is -0.428. The number of fused-ring (bicyclic) bond motifs is 1. The van der Waals surface area contributed by atoms with Crippen LogP contribution in [0.2, 0.25) is 0 Å². The summed E-state index contributed by atoms with van der Waals surface area (Å²) < 4.78 is 22.6. The Kier molecular flexibility index (Phi) is 2.17. The van der Waals surface area contributed by atoms with Crippen LogP contribution in [0.5, 0.6) is 0 Å². The first-order valence-corrected chi connectivity index (χ1v) is 6.63. The van der Waals surface area contributed by atoms with Crippen molar-refractivity contribution in [2.24, 2.45) is 0 Å². The minimum absolute atomic E-state index is 0.101. The summed E-state index contributed by atoms with van der Waals surface area (Å²) in [7, 11) is -2.94. The lowest BCUT2D eigenvalue weighted by atomic mass is 10.2. The molecule has 1 N–H and O–H groups in total. The van der Waals surface area contributed by atoms with Crippen molar-refractivity contribution < 1.29 is 13.2 Å². The van der Waals surface area contributed by atoms with Gasteiger partial charge in [-0.3, -0.25) is 0 Å². The van der Waals surface area contributed by atoms with E-state index in [9.17, 15) is 13.2 Å². The Bertz CT molecular complexity index is 352. The van der Waals surface area contributed by atoms with Crippen LogP contribution in [0, 0.1) is 0 Å². The van der Waals surface area contributed by atoms with E-state index in [-0.39, 0.29) is 29.6 Å². The standard InChI is InChI=1S/C8H14N2O3S/c1-2-3-10-7-5-14(12,13)4-6(7)9-8(10)11/h6-7H,2-5H2,1H3,(H,9,11)/t6-,7+/m0/s1. The molecule has 2 atom stereocenters. The highest BCUT2D eigenvalue weighted by Crippen LogP contribution is 2.23. The average Bonchev–Trinajstić information content (AvgIpc) is 2.47. The Morgan fingerprint density at radius 2 is 2.21 bits per heavy atom. The second-order valence-corrected chi connectivity index (χ2v) is 6.05. The van der Waals surface area contributed by atoms with Gasteiger partial charge in [0, 0.05) is 6.54 Å². The van der Waals surface area contributed by atoms with Crippen LogP contribution in [-0.2, 0) is 9.84 Å². The molecule has 0 aliphatic carbocycles. The number of carbonyl (C=O) groups excluding carboxylic acids is 1. The summed E-state index contributed by atoms with van der Waals surface area (Å²) in [6.45, 7) is 2.62. The first kappa shape index (κ1) is 9.76. The molecule has 5 nitrogen and oxygen atoms in total. The largest absolute Gasteiger partial charge is 0.332 e. The molecule has 0 bridgehead atoms. The number of nitrogens with one attached hydrogen (secondary N) is 1. The normalized spacial score (nSPS) is 34.4. The molecule has 2 heterocycles. The number of carbonyl (C=O) groups is 1. The molecule has 0 spiro atoms. The zero-order valence-corrected chi connectivity index (χ0v) is 8.88. The Balaban J connectivity index is 2.17. The quantitative estimate of drug-likeness (QED) is 0.641. The second-order valence-electron chi connectivity index (χ2n) is 3.89. The van der Waals surface area contributed by atoms with Gasteiger partial charge in [-0.15, -0.1) is 0 Å². The third-order valence-electron chi connectivity index (χ3n) is 2.76. The monoisotopic (exact) mass is 218 g/mol. The Labute approximate surface area is 83.4 Å². The van der Waals surface area contributed by atoms with E-state index >= 15 is 0 Å². The molecule has 14 heavy (non-hydrogen) atoms. The lowest BCUT2D eigenvalue weighted by Crippen LogP contribution is -2.37. The summed E-state index contributed by atoms with van der Waals surface area (Å²) in [4.78, 5) is 13.1. The third-order valence-corrected chi connectivity index (χ3v) is 4.47. The van der Waals surface area contributed by atoms with Gasteiger partial charge >= 0.3 is 6.03 Å². The van der Waals surface area contributed by atoms with Crippen molar-refractivity contribution in [3.8, 4) is 0 Å². The van der Waals surface area contributed by atoms with E-state index in [4.69, 9.17) is 0 Å². The van der Waals surface area contributed by atoms with E-state index in [0.29, 0.717) is 6.54 Å². The van der Waals surface area contributed by atoms with E-state index < -0.39 is 9.84 Å². The van der Waals surface area contributed by atoms with E-state index in [2.05, 4.69) is 5.32 Å². The van der Waals surface area contributed by atoms with Gasteiger partial charge in [-0.05, 0) is 6.42 Å². The molecule has 2 saturated heterocycles. The summed E-state index contributed by atoms with van der Waals surface area (Å²) in [5.74, 6) is 0.222. The zero-order valence-electron chi connectivity index (χ0n) is 8.06. The molecule has 2 amide bonds. The van der Waals surface area contributed by atoms with Gasteiger partial charge in [-0.25, -0.2) is 13.2 Å². The maximum absolute atomic E-state index is 11.4. The topological polar surface area (TPSA) is 66.5 Å². The van der Waals surface area contributed by atoms with Crippen LogP contribution in [0.3, 0.4) is 0 Å². The lowest BCUT2D eigenvalue weighted by molar-refractivity contribution is 0.207. The number of hydrogen-bond acceptors (Lipinski definition) is 3. The van der Waals surface area contributed by atoms with Crippen molar-refractivity contribution in [2.45, 2.75) is 25.4 Å². The molecular weight excluding hydrogens is 204 g/mol. The molecule has 0 radical (unpaired) electrons. The minimum atomic E-state index is -2.94. The number of sulfone groups is 1. The average molecular weight is 218 g/mol. The van der Waals surface area contributed by atoms with Crippen molar-refractivity contribution >= 4 is 15.9 Å². The van der Waals surface area contributed by atoms with Crippen LogP contribution in [0.15, 0.2) is 0 Å². The van der Waals surface area contributed by atoms with Crippen LogP contribution in [0.4, 0.5) is 4.79 Å². The van der Waals surface area contributed by atoms with Gasteiger partial charge in [0.15, 0.2) is 9.84 Å². The van der Waals surface area contributed by atoms with Crippen LogP contribution < -0.4 is 5.32 Å². The van der Waals surface area contributed by atoms with Gasteiger partial charge in [-0.1, -0.05) is 6.92 Å². The number of rotatable bonds is 2. The highest BCUT2D eigenvalue weighted by atomic mass is 32.2. The molecule has 0 aromatic rings. The van der Waals surface area contributed by atoms with Crippen molar-refractivity contribution in [1.29, 1.82) is 0 Å². The van der Waals surface area contributed by atoms with Crippen LogP contribution in [0.1, 0.15) is 13.3 Å². The molecule has 2 aliphatic heterocycles. The first-order chi connectivity index (χ1) is 6.53. The van der Waals surface area contributed by atoms with Crippen LogP contribution in [0.25, 0.3) is 0 Å². The Morgan fingerprint density at radius 1 is 1.50 bits per heavy atom. The van der Waals surface area contributed by atoms with Crippen LogP contribution >= 0.6 is 0 Å². The minimum Gasteiger partial charge on any atom is -0.332 e. The number of amides is 2. The maximum Gasteiger partial charge on any atom is 0.318 e. The first-order valence-electron chi connectivity index (χ1n) is 4.81. The molecule has 0 saturated carbocycles. The highest BCUT2D eigenvalue weighted by Gasteiger charge is 2.48. The highest BCUT2D eigenvalue weighted by molar-refractivity contribution is 7.91. The van der Waals surface area contributed by atoms with Gasteiger partial charge in [-0.2, -0.15) is 0 Å². The van der Waals surface area contributed by atoms with Gasteiger partial charge < -0.3 is 10.2 Å². The number of urea groups is 1. The van der Waals surface area contributed by atoms with Gasteiger partial charge in [0.1, 0.15) is 0 Å². The number of nitrogens with zero attached hydrogens (tertiary/aromatic N) is 1. The molecular formula is C8H14N2O3S. The van der Waals surface area contributed by atoms with Gasteiger partial charge in [0.25, 0.3) is 0 Å². The molecule has 0 unspecified atom stereocenters. The summed E-state index contributed by atoms with van der Waals surface area (Å²) in [6.07, 6.45) is 0.858. The Morgan fingerprint density at radius 3 is 2.86 bits per heavy atom. The van der Waals surface area contributed by atoms with E-state index in [1.54, 1.807) is 4.90 Å².